The van der Waals surface area contributed by atoms with E-state index in [2.05, 4.69) is 5.32 Å². The van der Waals surface area contributed by atoms with Crippen molar-refractivity contribution < 1.29 is 22.7 Å². The van der Waals surface area contributed by atoms with Gasteiger partial charge in [0, 0.05) is 29.6 Å². The fraction of sp³-hybridized carbons (Fsp3) is 0.235. The van der Waals surface area contributed by atoms with E-state index in [1.54, 1.807) is 44.4 Å². The molecule has 0 aliphatic rings. The van der Waals surface area contributed by atoms with Crippen LogP contribution in [0.15, 0.2) is 102 Å². The Bertz CT molecular complexity index is 1710. The van der Waals surface area contributed by atoms with Crippen molar-refractivity contribution in [3.05, 3.63) is 124 Å². The number of ether oxygens (including phenoxy) is 1. The van der Waals surface area contributed by atoms with Gasteiger partial charge < -0.3 is 15.0 Å². The van der Waals surface area contributed by atoms with Crippen LogP contribution in [0.1, 0.15) is 23.6 Å². The monoisotopic (exact) mass is 667 g/mol. The van der Waals surface area contributed by atoms with Crippen LogP contribution in [0.2, 0.25) is 10.0 Å². The number of benzene rings is 4. The van der Waals surface area contributed by atoms with Crippen LogP contribution in [0.5, 0.6) is 5.75 Å². The molecule has 0 saturated carbocycles. The highest BCUT2D eigenvalue weighted by Crippen LogP contribution is 2.30. The van der Waals surface area contributed by atoms with Crippen LogP contribution in [-0.2, 0) is 32.6 Å². The molecule has 0 heterocycles. The van der Waals surface area contributed by atoms with E-state index in [0.29, 0.717) is 17.9 Å². The normalized spacial score (nSPS) is 11.8. The van der Waals surface area contributed by atoms with Gasteiger partial charge in [0.25, 0.3) is 10.0 Å². The van der Waals surface area contributed by atoms with Gasteiger partial charge in [0.05, 0.1) is 17.7 Å². The fourth-order valence-corrected chi connectivity index (χ4v) is 6.78. The molecule has 4 rings (SSSR count). The van der Waals surface area contributed by atoms with E-state index < -0.39 is 28.5 Å². The molecule has 2 amide bonds. The Hall–Kier alpha value is -4.05. The predicted molar refractivity (Wildman–Crippen MR) is 178 cm³/mol. The minimum absolute atomic E-state index is 0.0131. The maximum atomic E-state index is 14.5. The smallest absolute Gasteiger partial charge is 0.264 e. The van der Waals surface area contributed by atoms with E-state index >= 15 is 0 Å². The number of hydrogen-bond acceptors (Lipinski definition) is 5. The molecule has 0 aromatic heterocycles. The molecule has 0 unspecified atom stereocenters. The Morgan fingerprint density at radius 2 is 1.51 bits per heavy atom. The number of carbonyl (C=O) groups excluding carboxylic acids is 2. The largest absolute Gasteiger partial charge is 0.497 e. The zero-order valence-corrected chi connectivity index (χ0v) is 27.6. The van der Waals surface area contributed by atoms with Gasteiger partial charge in [0.15, 0.2) is 0 Å². The molecule has 8 nitrogen and oxygen atoms in total. The van der Waals surface area contributed by atoms with Gasteiger partial charge in [-0.15, -0.1) is 0 Å². The van der Waals surface area contributed by atoms with Crippen LogP contribution in [0, 0.1) is 6.92 Å². The first kappa shape index (κ1) is 33.8. The zero-order valence-electron chi connectivity index (χ0n) is 25.2. The Balaban J connectivity index is 1.83. The van der Waals surface area contributed by atoms with Crippen molar-refractivity contribution in [2.45, 2.75) is 37.8 Å². The number of methoxy groups -OCH3 is 1. The quantitative estimate of drug-likeness (QED) is 0.181. The third kappa shape index (κ3) is 8.78. The molecule has 11 heteroatoms. The summed E-state index contributed by atoms with van der Waals surface area (Å²) in [6.45, 7) is 3.38. The lowest BCUT2D eigenvalue weighted by atomic mass is 10.0. The van der Waals surface area contributed by atoms with Crippen molar-refractivity contribution in [3.63, 3.8) is 0 Å². The average molecular weight is 669 g/mol. The van der Waals surface area contributed by atoms with E-state index in [9.17, 15) is 18.0 Å². The summed E-state index contributed by atoms with van der Waals surface area (Å²) in [5, 5.41) is 3.25. The lowest BCUT2D eigenvalue weighted by Gasteiger charge is -2.34. The molecule has 4 aromatic carbocycles. The number of aryl methyl sites for hydroxylation is 1. The van der Waals surface area contributed by atoms with Crippen molar-refractivity contribution in [2.75, 3.05) is 24.5 Å². The van der Waals surface area contributed by atoms with Crippen LogP contribution in [0.3, 0.4) is 0 Å². The molecule has 0 radical (unpaired) electrons. The van der Waals surface area contributed by atoms with Gasteiger partial charge in [-0.25, -0.2) is 8.42 Å². The van der Waals surface area contributed by atoms with E-state index in [-0.39, 0.29) is 39.5 Å². The van der Waals surface area contributed by atoms with Crippen molar-refractivity contribution in [2.24, 2.45) is 0 Å². The van der Waals surface area contributed by atoms with Gasteiger partial charge >= 0.3 is 0 Å². The van der Waals surface area contributed by atoms with Crippen LogP contribution in [0.4, 0.5) is 5.69 Å². The number of amides is 2. The second kappa shape index (κ2) is 15.3. The summed E-state index contributed by atoms with van der Waals surface area (Å²) in [7, 11) is -2.74. The molecule has 0 spiro atoms. The predicted octanol–water partition coefficient (Wildman–Crippen LogP) is 6.28. The van der Waals surface area contributed by atoms with E-state index in [4.69, 9.17) is 27.9 Å². The van der Waals surface area contributed by atoms with Crippen LogP contribution < -0.4 is 14.4 Å². The molecule has 0 fully saturated rings. The van der Waals surface area contributed by atoms with Crippen LogP contribution >= 0.6 is 23.2 Å². The standard InChI is InChI=1S/C34H35Cl2N3O5S/c1-4-37-34(41)32(18-25-9-6-5-7-10-25)38(22-26-11-8-12-30(17-26)44-3)33(40)23-39(29-20-27(35)19-28(36)21-29)45(42,43)31-15-13-24(2)14-16-31/h5-17,19-21,32H,4,18,22-23H2,1-3H3,(H,37,41)/t32-/m1/s1. The summed E-state index contributed by atoms with van der Waals surface area (Å²) < 4.78 is 34.6. The van der Waals surface area contributed by atoms with E-state index in [1.165, 1.54) is 35.2 Å². The molecular formula is C34H35Cl2N3O5S. The van der Waals surface area contributed by atoms with Gasteiger partial charge in [0.1, 0.15) is 18.3 Å². The Morgan fingerprint density at radius 3 is 2.13 bits per heavy atom. The molecule has 0 aliphatic carbocycles. The number of rotatable bonds is 13. The minimum Gasteiger partial charge on any atom is -0.497 e. The minimum atomic E-state index is -4.28. The number of carbonyl (C=O) groups is 2. The lowest BCUT2D eigenvalue weighted by Crippen LogP contribution is -2.53. The van der Waals surface area contributed by atoms with Gasteiger partial charge in [-0.3, -0.25) is 13.9 Å². The summed E-state index contributed by atoms with van der Waals surface area (Å²) in [4.78, 5) is 29.5. The number of hydrogen-bond donors (Lipinski definition) is 1. The van der Waals surface area contributed by atoms with Crippen LogP contribution in [-0.4, -0.2) is 51.4 Å². The molecule has 1 atom stereocenters. The maximum absolute atomic E-state index is 14.5. The number of nitrogens with one attached hydrogen (secondary N) is 1. The summed E-state index contributed by atoms with van der Waals surface area (Å²) in [6, 6.07) is 26.2. The Labute approximate surface area is 274 Å². The molecular weight excluding hydrogens is 633 g/mol. The molecule has 45 heavy (non-hydrogen) atoms. The molecule has 0 bridgehead atoms. The second-order valence-electron chi connectivity index (χ2n) is 10.4. The first-order valence-corrected chi connectivity index (χ1v) is 16.5. The highest BCUT2D eigenvalue weighted by Gasteiger charge is 2.34. The third-order valence-electron chi connectivity index (χ3n) is 7.13. The zero-order chi connectivity index (χ0) is 32.6. The summed E-state index contributed by atoms with van der Waals surface area (Å²) >= 11 is 12.6. The van der Waals surface area contributed by atoms with Crippen molar-refractivity contribution in [3.8, 4) is 5.75 Å². The number of anilines is 1. The van der Waals surface area contributed by atoms with E-state index in [1.807, 2.05) is 43.3 Å². The summed E-state index contributed by atoms with van der Waals surface area (Å²) in [5.41, 5.74) is 2.52. The Morgan fingerprint density at radius 1 is 0.867 bits per heavy atom. The van der Waals surface area contributed by atoms with Gasteiger partial charge in [-0.1, -0.05) is 83.4 Å². The first-order valence-electron chi connectivity index (χ1n) is 14.3. The molecule has 0 saturated heterocycles. The molecule has 0 aliphatic heterocycles. The number of sulfonamides is 1. The first-order chi connectivity index (χ1) is 21.5. The lowest BCUT2D eigenvalue weighted by molar-refractivity contribution is -0.140. The van der Waals surface area contributed by atoms with Crippen molar-refractivity contribution in [1.29, 1.82) is 0 Å². The number of likely N-dealkylation sites (N-methyl/N-ethyl adjacent to an activating group) is 1. The SMILES string of the molecule is CCNC(=O)[C@@H](Cc1ccccc1)N(Cc1cccc(OC)c1)C(=O)CN(c1cc(Cl)cc(Cl)c1)S(=O)(=O)c1ccc(C)cc1. The van der Waals surface area contributed by atoms with Crippen LogP contribution in [0.25, 0.3) is 0 Å². The maximum Gasteiger partial charge on any atom is 0.264 e. The molecule has 1 N–H and O–H groups in total. The summed E-state index contributed by atoms with van der Waals surface area (Å²) in [5.74, 6) is -0.386. The van der Waals surface area contributed by atoms with Gasteiger partial charge in [0.2, 0.25) is 11.8 Å². The number of nitrogens with zero attached hydrogens (tertiary/aromatic N) is 2. The highest BCUT2D eigenvalue weighted by molar-refractivity contribution is 7.92. The summed E-state index contributed by atoms with van der Waals surface area (Å²) in [6.07, 6.45) is 0.204. The topological polar surface area (TPSA) is 96.0 Å². The third-order valence-corrected chi connectivity index (χ3v) is 9.36. The van der Waals surface area contributed by atoms with E-state index in [0.717, 1.165) is 15.4 Å². The van der Waals surface area contributed by atoms with Crippen molar-refractivity contribution >= 4 is 50.7 Å². The number of halogens is 2. The van der Waals surface area contributed by atoms with Gasteiger partial charge in [-0.05, 0) is 67.4 Å². The van der Waals surface area contributed by atoms with Gasteiger partial charge in [-0.2, -0.15) is 0 Å². The molecule has 236 valence electrons. The molecule has 4 aromatic rings. The average Bonchev–Trinajstić information content (AvgIpc) is 3.01. The van der Waals surface area contributed by atoms with Crippen molar-refractivity contribution in [1.82, 2.24) is 10.2 Å². The Kier molecular flexibility index (Phi) is 11.5. The fourth-order valence-electron chi connectivity index (χ4n) is 4.86. The highest BCUT2D eigenvalue weighted by atomic mass is 35.5. The second-order valence-corrected chi connectivity index (χ2v) is 13.2.